The zero-order valence-corrected chi connectivity index (χ0v) is 16.7. The number of piperazine rings is 1. The monoisotopic (exact) mass is 388 g/mol. The highest BCUT2D eigenvalue weighted by Crippen LogP contribution is 2.30. The highest BCUT2D eigenvalue weighted by Gasteiger charge is 2.34. The van der Waals surface area contributed by atoms with Gasteiger partial charge in [0.05, 0.1) is 25.3 Å². The second kappa shape index (κ2) is 9.07. The maximum absolute atomic E-state index is 12.8. The summed E-state index contributed by atoms with van der Waals surface area (Å²) in [6.07, 6.45) is 0. The first-order chi connectivity index (χ1) is 13.5. The highest BCUT2D eigenvalue weighted by atomic mass is 16.5. The van der Waals surface area contributed by atoms with Gasteiger partial charge in [0.1, 0.15) is 5.75 Å². The molecule has 0 aromatic heterocycles. The minimum absolute atomic E-state index is 0.267. The number of ether oxygens (including phenoxy) is 2. The number of nitrogens with zero attached hydrogens (tertiary/aromatic N) is 2. The average molecular weight is 388 g/mol. The van der Waals surface area contributed by atoms with Gasteiger partial charge in [0.2, 0.25) is 0 Å². The van der Waals surface area contributed by atoms with Crippen molar-refractivity contribution in [2.75, 3.05) is 53.5 Å². The molecule has 3 rings (SSSR count). The fourth-order valence-corrected chi connectivity index (χ4v) is 3.49. The predicted octanol–water partition coefficient (Wildman–Crippen LogP) is 1.11. The number of urea groups is 1. The highest BCUT2D eigenvalue weighted by molar-refractivity contribution is 5.95. The number of amides is 2. The number of carbonyl (C=O) groups is 2. The van der Waals surface area contributed by atoms with E-state index in [2.05, 4.69) is 27.5 Å². The van der Waals surface area contributed by atoms with Crippen LogP contribution in [0.15, 0.2) is 35.5 Å². The van der Waals surface area contributed by atoms with Crippen molar-refractivity contribution in [3.8, 4) is 5.75 Å². The quantitative estimate of drug-likeness (QED) is 0.711. The molecule has 2 N–H and O–H groups in total. The van der Waals surface area contributed by atoms with E-state index in [1.807, 2.05) is 24.3 Å². The van der Waals surface area contributed by atoms with Crippen molar-refractivity contribution in [3.05, 3.63) is 41.1 Å². The second-order valence-corrected chi connectivity index (χ2v) is 7.00. The number of esters is 1. The van der Waals surface area contributed by atoms with Gasteiger partial charge in [0.15, 0.2) is 0 Å². The Balaban J connectivity index is 1.96. The molecule has 0 radical (unpaired) electrons. The number of hydrogen-bond acceptors (Lipinski definition) is 6. The first-order valence-electron chi connectivity index (χ1n) is 9.54. The Hall–Kier alpha value is -2.58. The van der Waals surface area contributed by atoms with Gasteiger partial charge in [-0.15, -0.1) is 0 Å². The molecular formula is C20H28N4O4. The molecule has 2 aliphatic rings. The van der Waals surface area contributed by atoms with E-state index in [9.17, 15) is 9.59 Å². The van der Waals surface area contributed by atoms with E-state index < -0.39 is 12.0 Å². The molecule has 0 unspecified atom stereocenters. The van der Waals surface area contributed by atoms with Crippen LogP contribution in [-0.2, 0) is 9.53 Å². The lowest BCUT2D eigenvalue weighted by Crippen LogP contribution is -2.51. The van der Waals surface area contributed by atoms with Gasteiger partial charge in [-0.2, -0.15) is 0 Å². The van der Waals surface area contributed by atoms with Crippen LogP contribution in [0.4, 0.5) is 4.79 Å². The predicted molar refractivity (Wildman–Crippen MR) is 105 cm³/mol. The van der Waals surface area contributed by atoms with Gasteiger partial charge < -0.3 is 25.0 Å². The molecule has 0 aliphatic carbocycles. The lowest BCUT2D eigenvalue weighted by molar-refractivity contribution is -0.139. The summed E-state index contributed by atoms with van der Waals surface area (Å²) in [6, 6.07) is 6.43. The van der Waals surface area contributed by atoms with E-state index >= 15 is 0 Å². The largest absolute Gasteiger partial charge is 0.497 e. The Morgan fingerprint density at radius 1 is 1.25 bits per heavy atom. The summed E-state index contributed by atoms with van der Waals surface area (Å²) >= 11 is 0. The molecule has 1 saturated heterocycles. The molecule has 1 aromatic carbocycles. The van der Waals surface area contributed by atoms with E-state index in [-0.39, 0.29) is 12.6 Å². The van der Waals surface area contributed by atoms with Gasteiger partial charge in [-0.3, -0.25) is 4.90 Å². The van der Waals surface area contributed by atoms with Gasteiger partial charge in [-0.05, 0) is 31.7 Å². The molecule has 0 bridgehead atoms. The molecule has 1 fully saturated rings. The van der Waals surface area contributed by atoms with Gasteiger partial charge in [0.25, 0.3) is 0 Å². The topological polar surface area (TPSA) is 83.1 Å². The fraction of sp³-hybridized carbons (Fsp3) is 0.500. The van der Waals surface area contributed by atoms with Crippen molar-refractivity contribution < 1.29 is 19.1 Å². The van der Waals surface area contributed by atoms with Crippen molar-refractivity contribution in [1.29, 1.82) is 0 Å². The van der Waals surface area contributed by atoms with Crippen LogP contribution in [0.3, 0.4) is 0 Å². The van der Waals surface area contributed by atoms with Crippen molar-refractivity contribution >= 4 is 12.0 Å². The molecule has 152 valence electrons. The van der Waals surface area contributed by atoms with Crippen molar-refractivity contribution in [2.24, 2.45) is 0 Å². The summed E-state index contributed by atoms with van der Waals surface area (Å²) in [5.41, 5.74) is 1.81. The number of methoxy groups -OCH3 is 1. The smallest absolute Gasteiger partial charge is 0.338 e. The standard InChI is InChI=1S/C20H28N4O4/c1-4-28-19(25)17-16(13-24-10-8-23(2)9-11-24)21-20(26)22-18(17)14-6-5-7-15(12-14)27-3/h5-7,12,18H,4,8-11,13H2,1-3H3,(H2,21,22,26)/t18-/m0/s1. The van der Waals surface area contributed by atoms with Crippen LogP contribution < -0.4 is 15.4 Å². The van der Waals surface area contributed by atoms with Crippen LogP contribution in [-0.4, -0.2) is 75.3 Å². The van der Waals surface area contributed by atoms with Crippen LogP contribution in [0.1, 0.15) is 18.5 Å². The maximum atomic E-state index is 12.8. The zero-order chi connectivity index (χ0) is 20.1. The number of rotatable bonds is 6. The summed E-state index contributed by atoms with van der Waals surface area (Å²) < 4.78 is 10.6. The Kier molecular flexibility index (Phi) is 6.53. The van der Waals surface area contributed by atoms with Crippen LogP contribution in [0, 0.1) is 0 Å². The normalized spacial score (nSPS) is 21.1. The molecule has 2 heterocycles. The Morgan fingerprint density at radius 2 is 2.00 bits per heavy atom. The van der Waals surface area contributed by atoms with E-state index in [0.717, 1.165) is 31.7 Å². The van der Waals surface area contributed by atoms with Crippen LogP contribution in [0.25, 0.3) is 0 Å². The Labute approximate surface area is 165 Å². The summed E-state index contributed by atoms with van der Waals surface area (Å²) in [7, 11) is 3.67. The van der Waals surface area contributed by atoms with Crippen LogP contribution in [0.2, 0.25) is 0 Å². The summed E-state index contributed by atoms with van der Waals surface area (Å²) in [4.78, 5) is 29.7. The van der Waals surface area contributed by atoms with E-state index in [1.165, 1.54) is 0 Å². The van der Waals surface area contributed by atoms with Gasteiger partial charge in [0, 0.05) is 38.4 Å². The first-order valence-corrected chi connectivity index (χ1v) is 9.54. The third kappa shape index (κ3) is 4.63. The molecule has 1 atom stereocenters. The van der Waals surface area contributed by atoms with Gasteiger partial charge in [-0.1, -0.05) is 12.1 Å². The fourth-order valence-electron chi connectivity index (χ4n) is 3.49. The van der Waals surface area contributed by atoms with E-state index in [1.54, 1.807) is 14.0 Å². The molecular weight excluding hydrogens is 360 g/mol. The first kappa shape index (κ1) is 20.2. The van der Waals surface area contributed by atoms with Crippen LogP contribution in [0.5, 0.6) is 5.75 Å². The van der Waals surface area contributed by atoms with Gasteiger partial charge in [-0.25, -0.2) is 9.59 Å². The van der Waals surface area contributed by atoms with Crippen molar-refractivity contribution in [3.63, 3.8) is 0 Å². The third-order valence-corrected chi connectivity index (χ3v) is 5.05. The maximum Gasteiger partial charge on any atom is 0.338 e. The summed E-state index contributed by atoms with van der Waals surface area (Å²) in [6.45, 7) is 6.19. The minimum atomic E-state index is -0.592. The zero-order valence-electron chi connectivity index (χ0n) is 16.7. The van der Waals surface area contributed by atoms with Gasteiger partial charge >= 0.3 is 12.0 Å². The van der Waals surface area contributed by atoms with Crippen molar-refractivity contribution in [1.82, 2.24) is 20.4 Å². The SMILES string of the molecule is CCOC(=O)C1=C(CN2CCN(C)CC2)NC(=O)N[C@H]1c1cccc(OC)c1. The Bertz CT molecular complexity index is 756. The molecule has 8 nitrogen and oxygen atoms in total. The van der Waals surface area contributed by atoms with E-state index in [0.29, 0.717) is 23.6 Å². The molecule has 2 aliphatic heterocycles. The lowest BCUT2D eigenvalue weighted by atomic mass is 9.94. The third-order valence-electron chi connectivity index (χ3n) is 5.05. The average Bonchev–Trinajstić information content (AvgIpc) is 2.69. The Morgan fingerprint density at radius 3 is 2.68 bits per heavy atom. The molecule has 0 spiro atoms. The number of benzene rings is 1. The summed E-state index contributed by atoms with van der Waals surface area (Å²) in [5, 5.41) is 5.69. The summed E-state index contributed by atoms with van der Waals surface area (Å²) in [5.74, 6) is 0.237. The molecule has 2 amide bonds. The van der Waals surface area contributed by atoms with Crippen LogP contribution >= 0.6 is 0 Å². The number of nitrogens with one attached hydrogen (secondary N) is 2. The molecule has 0 saturated carbocycles. The number of likely N-dealkylation sites (N-methyl/N-ethyl adjacent to an activating group) is 1. The van der Waals surface area contributed by atoms with Crippen molar-refractivity contribution in [2.45, 2.75) is 13.0 Å². The molecule has 1 aromatic rings. The lowest BCUT2D eigenvalue weighted by Gasteiger charge is -2.35. The van der Waals surface area contributed by atoms with E-state index in [4.69, 9.17) is 9.47 Å². The second-order valence-electron chi connectivity index (χ2n) is 7.00. The molecule has 28 heavy (non-hydrogen) atoms. The minimum Gasteiger partial charge on any atom is -0.497 e. The number of hydrogen-bond donors (Lipinski definition) is 2. The molecule has 8 heteroatoms. The number of carbonyl (C=O) groups excluding carboxylic acids is 2.